The van der Waals surface area contributed by atoms with Crippen molar-refractivity contribution in [3.05, 3.63) is 32.1 Å². The lowest BCUT2D eigenvalue weighted by Gasteiger charge is -2.19. The Morgan fingerprint density at radius 3 is 2.94 bits per heavy atom. The minimum Gasteiger partial charge on any atom is -0.481 e. The molecule has 1 aliphatic heterocycles. The third kappa shape index (κ3) is 2.66. The molecule has 0 radical (unpaired) electrons. The van der Waals surface area contributed by atoms with E-state index in [4.69, 9.17) is 5.11 Å². The van der Waals surface area contributed by atoms with Gasteiger partial charge in [0, 0.05) is 30.0 Å². The number of aromatic amines is 1. The van der Waals surface area contributed by atoms with E-state index in [0.717, 1.165) is 11.4 Å². The van der Waals surface area contributed by atoms with Crippen LogP contribution in [0.25, 0.3) is 0 Å². The van der Waals surface area contributed by atoms with Crippen LogP contribution in [-0.2, 0) is 23.5 Å². The van der Waals surface area contributed by atoms with E-state index in [1.165, 1.54) is 4.57 Å². The second kappa shape index (κ2) is 5.43. The third-order valence-electron chi connectivity index (χ3n) is 2.92. The number of aromatic nitrogens is 2. The first-order chi connectivity index (χ1) is 8.59. The van der Waals surface area contributed by atoms with E-state index in [0.29, 0.717) is 30.7 Å². The SMILES string of the molecule is O=C(O)CCCn1c2c(c(=O)[nH]c1=O)CSCC2. The van der Waals surface area contributed by atoms with Gasteiger partial charge in [0.1, 0.15) is 0 Å². The summed E-state index contributed by atoms with van der Waals surface area (Å²) < 4.78 is 1.51. The van der Waals surface area contributed by atoms with Crippen molar-refractivity contribution < 1.29 is 9.90 Å². The molecule has 2 heterocycles. The summed E-state index contributed by atoms with van der Waals surface area (Å²) in [7, 11) is 0. The average Bonchev–Trinajstić information content (AvgIpc) is 2.33. The van der Waals surface area contributed by atoms with Crippen LogP contribution in [0.2, 0.25) is 0 Å². The van der Waals surface area contributed by atoms with Crippen molar-refractivity contribution in [2.45, 2.75) is 31.6 Å². The van der Waals surface area contributed by atoms with Crippen molar-refractivity contribution in [3.8, 4) is 0 Å². The van der Waals surface area contributed by atoms with Crippen LogP contribution in [0.15, 0.2) is 9.59 Å². The molecule has 2 rings (SSSR count). The van der Waals surface area contributed by atoms with Gasteiger partial charge >= 0.3 is 11.7 Å². The van der Waals surface area contributed by atoms with Crippen LogP contribution in [0.4, 0.5) is 0 Å². The lowest BCUT2D eigenvalue weighted by molar-refractivity contribution is -0.137. The molecule has 6 nitrogen and oxygen atoms in total. The van der Waals surface area contributed by atoms with Crippen LogP contribution in [-0.4, -0.2) is 26.4 Å². The average molecular weight is 270 g/mol. The van der Waals surface area contributed by atoms with Gasteiger partial charge in [0.05, 0.1) is 0 Å². The predicted octanol–water partition coefficient (Wildman–Crippen LogP) is 0.191. The van der Waals surface area contributed by atoms with Gasteiger partial charge in [-0.05, 0) is 18.6 Å². The molecule has 18 heavy (non-hydrogen) atoms. The van der Waals surface area contributed by atoms with Gasteiger partial charge in [-0.15, -0.1) is 0 Å². The highest BCUT2D eigenvalue weighted by Crippen LogP contribution is 2.20. The number of aliphatic carboxylic acids is 1. The zero-order chi connectivity index (χ0) is 13.1. The molecule has 0 unspecified atom stereocenters. The Morgan fingerprint density at radius 2 is 2.22 bits per heavy atom. The zero-order valence-corrected chi connectivity index (χ0v) is 10.6. The molecule has 0 spiro atoms. The molecule has 0 fully saturated rings. The number of hydrogen-bond donors (Lipinski definition) is 2. The molecule has 0 aliphatic carbocycles. The van der Waals surface area contributed by atoms with Crippen LogP contribution >= 0.6 is 11.8 Å². The quantitative estimate of drug-likeness (QED) is 0.815. The molecule has 0 saturated carbocycles. The Labute approximate surface area is 107 Å². The Kier molecular flexibility index (Phi) is 3.90. The molecule has 98 valence electrons. The molecule has 1 aromatic rings. The van der Waals surface area contributed by atoms with E-state index in [1.54, 1.807) is 11.8 Å². The molecule has 0 saturated heterocycles. The number of carbonyl (C=O) groups is 1. The maximum Gasteiger partial charge on any atom is 0.328 e. The fourth-order valence-corrected chi connectivity index (χ4v) is 3.04. The Balaban J connectivity index is 2.31. The number of H-pyrrole nitrogens is 1. The normalized spacial score (nSPS) is 14.2. The van der Waals surface area contributed by atoms with Gasteiger partial charge in [-0.25, -0.2) is 4.79 Å². The molecular weight excluding hydrogens is 256 g/mol. The summed E-state index contributed by atoms with van der Waals surface area (Å²) in [6, 6.07) is 0. The minimum absolute atomic E-state index is 0.0229. The topological polar surface area (TPSA) is 92.2 Å². The van der Waals surface area contributed by atoms with Crippen LogP contribution in [0, 0.1) is 0 Å². The van der Waals surface area contributed by atoms with Crippen molar-refractivity contribution in [3.63, 3.8) is 0 Å². The summed E-state index contributed by atoms with van der Waals surface area (Å²) in [4.78, 5) is 36.1. The summed E-state index contributed by atoms with van der Waals surface area (Å²) in [5.74, 6) is 0.621. The smallest absolute Gasteiger partial charge is 0.328 e. The van der Waals surface area contributed by atoms with Gasteiger partial charge in [-0.2, -0.15) is 11.8 Å². The predicted molar refractivity (Wildman–Crippen MR) is 68.1 cm³/mol. The molecule has 2 N–H and O–H groups in total. The van der Waals surface area contributed by atoms with Gasteiger partial charge in [0.25, 0.3) is 5.56 Å². The lowest BCUT2D eigenvalue weighted by Crippen LogP contribution is -2.36. The van der Waals surface area contributed by atoms with Crippen molar-refractivity contribution in [1.82, 2.24) is 9.55 Å². The lowest BCUT2D eigenvalue weighted by atomic mass is 10.2. The number of thioether (sulfide) groups is 1. The van der Waals surface area contributed by atoms with Crippen molar-refractivity contribution in [2.75, 3.05) is 5.75 Å². The molecule has 0 bridgehead atoms. The first kappa shape index (κ1) is 12.9. The number of nitrogens with zero attached hydrogens (tertiary/aromatic N) is 1. The van der Waals surface area contributed by atoms with E-state index in [1.807, 2.05) is 0 Å². The summed E-state index contributed by atoms with van der Waals surface area (Å²) in [6.45, 7) is 0.342. The highest BCUT2D eigenvalue weighted by atomic mass is 32.2. The number of rotatable bonds is 4. The standard InChI is InChI=1S/C11H14N2O4S/c14-9(15)2-1-4-13-8-3-5-18-6-7(8)10(16)12-11(13)17/h1-6H2,(H,14,15)(H,12,16,17). The highest BCUT2D eigenvalue weighted by Gasteiger charge is 2.18. The van der Waals surface area contributed by atoms with Crippen LogP contribution in [0.1, 0.15) is 24.1 Å². The maximum atomic E-state index is 11.7. The minimum atomic E-state index is -0.878. The van der Waals surface area contributed by atoms with E-state index in [-0.39, 0.29) is 12.0 Å². The number of carboxylic acid groups (broad SMARTS) is 1. The van der Waals surface area contributed by atoms with E-state index < -0.39 is 11.7 Å². The monoisotopic (exact) mass is 270 g/mol. The number of fused-ring (bicyclic) bond motifs is 1. The van der Waals surface area contributed by atoms with Gasteiger partial charge in [-0.3, -0.25) is 19.1 Å². The summed E-state index contributed by atoms with van der Waals surface area (Å²) in [5, 5.41) is 8.59. The Hall–Kier alpha value is -1.50. The second-order valence-electron chi connectivity index (χ2n) is 4.14. The van der Waals surface area contributed by atoms with Gasteiger partial charge in [0.2, 0.25) is 0 Å². The molecule has 0 aromatic carbocycles. The van der Waals surface area contributed by atoms with Crippen LogP contribution in [0.3, 0.4) is 0 Å². The highest BCUT2D eigenvalue weighted by molar-refractivity contribution is 7.98. The van der Waals surface area contributed by atoms with Crippen LogP contribution in [0.5, 0.6) is 0 Å². The fourth-order valence-electron chi connectivity index (χ4n) is 2.06. The van der Waals surface area contributed by atoms with Gasteiger partial charge < -0.3 is 5.11 Å². The van der Waals surface area contributed by atoms with E-state index in [2.05, 4.69) is 4.98 Å². The molecule has 0 atom stereocenters. The van der Waals surface area contributed by atoms with Crippen molar-refractivity contribution in [1.29, 1.82) is 0 Å². The molecule has 1 aromatic heterocycles. The number of carboxylic acids is 1. The summed E-state index contributed by atoms with van der Waals surface area (Å²) >= 11 is 1.67. The maximum absolute atomic E-state index is 11.7. The first-order valence-corrected chi connectivity index (χ1v) is 6.89. The Bertz CT molecular complexity index is 575. The van der Waals surface area contributed by atoms with E-state index in [9.17, 15) is 14.4 Å². The van der Waals surface area contributed by atoms with Gasteiger partial charge in [0.15, 0.2) is 0 Å². The molecular formula is C11H14N2O4S. The largest absolute Gasteiger partial charge is 0.481 e. The van der Waals surface area contributed by atoms with Gasteiger partial charge in [-0.1, -0.05) is 0 Å². The zero-order valence-electron chi connectivity index (χ0n) is 9.77. The fraction of sp³-hybridized carbons (Fsp3) is 0.545. The third-order valence-corrected chi connectivity index (χ3v) is 3.90. The van der Waals surface area contributed by atoms with Crippen LogP contribution < -0.4 is 11.2 Å². The molecule has 0 amide bonds. The summed E-state index contributed by atoms with van der Waals surface area (Å²) in [5.41, 5.74) is 0.682. The molecule has 7 heteroatoms. The number of nitrogens with one attached hydrogen (secondary N) is 1. The number of hydrogen-bond acceptors (Lipinski definition) is 4. The first-order valence-electron chi connectivity index (χ1n) is 5.74. The van der Waals surface area contributed by atoms with E-state index >= 15 is 0 Å². The second-order valence-corrected chi connectivity index (χ2v) is 5.24. The molecule has 1 aliphatic rings. The Morgan fingerprint density at radius 1 is 1.44 bits per heavy atom. The summed E-state index contributed by atoms with van der Waals surface area (Å²) in [6.07, 6.45) is 1.10. The van der Waals surface area contributed by atoms with Crippen molar-refractivity contribution in [2.24, 2.45) is 0 Å². The van der Waals surface area contributed by atoms with Crippen molar-refractivity contribution >= 4 is 17.7 Å².